The molecule has 0 heterocycles. The molecule has 3 rings (SSSR count). The van der Waals surface area contributed by atoms with Gasteiger partial charge in [-0.2, -0.15) is 0 Å². The predicted molar refractivity (Wildman–Crippen MR) is 157 cm³/mol. The summed E-state index contributed by atoms with van der Waals surface area (Å²) in [5.41, 5.74) is 3.06. The summed E-state index contributed by atoms with van der Waals surface area (Å²) < 4.78 is 26.6. The number of amides is 2. The van der Waals surface area contributed by atoms with Crippen molar-refractivity contribution in [2.75, 3.05) is 17.1 Å². The number of nitrogens with one attached hydrogen (secondary N) is 1. The van der Waals surface area contributed by atoms with E-state index in [0.29, 0.717) is 10.7 Å². The molecule has 0 aliphatic heterocycles. The molecule has 0 aromatic heterocycles. The maximum atomic E-state index is 14.0. The van der Waals surface area contributed by atoms with Crippen LogP contribution in [-0.4, -0.2) is 50.0 Å². The number of sulfonamides is 1. The fourth-order valence-electron chi connectivity index (χ4n) is 4.22. The molecule has 0 unspecified atom stereocenters. The van der Waals surface area contributed by atoms with Gasteiger partial charge in [-0.15, -0.1) is 0 Å². The van der Waals surface area contributed by atoms with E-state index in [9.17, 15) is 18.0 Å². The summed E-state index contributed by atoms with van der Waals surface area (Å²) in [6.45, 7) is 5.52. The van der Waals surface area contributed by atoms with Gasteiger partial charge in [0, 0.05) is 24.0 Å². The average Bonchev–Trinajstić information content (AvgIpc) is 2.89. The molecule has 0 fully saturated rings. The zero-order valence-corrected chi connectivity index (χ0v) is 24.4. The molecule has 1 N–H and O–H groups in total. The Morgan fingerprint density at radius 3 is 2.18 bits per heavy atom. The Bertz CT molecular complexity index is 1360. The average molecular weight is 570 g/mol. The summed E-state index contributed by atoms with van der Waals surface area (Å²) in [6.07, 6.45) is 2.06. The smallest absolute Gasteiger partial charge is 0.244 e. The Morgan fingerprint density at radius 1 is 0.949 bits per heavy atom. The fraction of sp³-hybridized carbons (Fsp3) is 0.333. The molecule has 0 saturated heterocycles. The van der Waals surface area contributed by atoms with Crippen molar-refractivity contribution in [2.45, 2.75) is 52.2 Å². The third-order valence-corrected chi connectivity index (χ3v) is 7.89. The molecule has 39 heavy (non-hydrogen) atoms. The molecular formula is C30H36ClN3O4S. The molecule has 2 amide bonds. The molecule has 0 aliphatic carbocycles. The van der Waals surface area contributed by atoms with Crippen molar-refractivity contribution >= 4 is 39.1 Å². The summed E-state index contributed by atoms with van der Waals surface area (Å²) in [4.78, 5) is 29.2. The summed E-state index contributed by atoms with van der Waals surface area (Å²) in [5, 5.41) is 3.47. The summed E-state index contributed by atoms with van der Waals surface area (Å²) in [7, 11) is -3.82. The maximum absolute atomic E-state index is 14.0. The number of anilines is 1. The third kappa shape index (κ3) is 8.83. The first kappa shape index (κ1) is 30.2. The van der Waals surface area contributed by atoms with Gasteiger partial charge < -0.3 is 10.2 Å². The third-order valence-electron chi connectivity index (χ3n) is 6.50. The van der Waals surface area contributed by atoms with Crippen LogP contribution in [0.3, 0.4) is 0 Å². The number of hydrogen-bond donors (Lipinski definition) is 1. The maximum Gasteiger partial charge on any atom is 0.244 e. The Labute approximate surface area is 236 Å². The van der Waals surface area contributed by atoms with E-state index in [1.807, 2.05) is 75.4 Å². The van der Waals surface area contributed by atoms with Crippen LogP contribution >= 0.6 is 11.6 Å². The molecule has 3 aromatic carbocycles. The second kappa shape index (κ2) is 13.6. The van der Waals surface area contributed by atoms with E-state index in [0.717, 1.165) is 33.7 Å². The van der Waals surface area contributed by atoms with Crippen LogP contribution in [0, 0.1) is 6.92 Å². The van der Waals surface area contributed by atoms with Gasteiger partial charge in [-0.25, -0.2) is 8.42 Å². The van der Waals surface area contributed by atoms with Gasteiger partial charge in [-0.3, -0.25) is 13.9 Å². The Kier molecular flexibility index (Phi) is 10.5. The molecule has 0 bridgehead atoms. The Balaban J connectivity index is 2.05. The lowest BCUT2D eigenvalue weighted by atomic mass is 10.0. The highest BCUT2D eigenvalue weighted by molar-refractivity contribution is 7.92. The molecule has 0 spiro atoms. The number of aryl methyl sites for hydroxylation is 1. The zero-order chi connectivity index (χ0) is 28.6. The van der Waals surface area contributed by atoms with Crippen molar-refractivity contribution in [3.63, 3.8) is 0 Å². The molecule has 208 valence electrons. The normalized spacial score (nSPS) is 12.8. The van der Waals surface area contributed by atoms with Crippen LogP contribution in [0.4, 0.5) is 5.69 Å². The zero-order valence-electron chi connectivity index (χ0n) is 22.8. The van der Waals surface area contributed by atoms with Gasteiger partial charge in [0.05, 0.1) is 11.9 Å². The lowest BCUT2D eigenvalue weighted by Gasteiger charge is -2.34. The highest BCUT2D eigenvalue weighted by Gasteiger charge is 2.33. The van der Waals surface area contributed by atoms with E-state index in [4.69, 9.17) is 11.6 Å². The monoisotopic (exact) mass is 569 g/mol. The second-order valence-corrected chi connectivity index (χ2v) is 12.1. The summed E-state index contributed by atoms with van der Waals surface area (Å²) in [5.74, 6) is -0.774. The van der Waals surface area contributed by atoms with E-state index in [2.05, 4.69) is 5.32 Å². The number of nitrogens with zero attached hydrogens (tertiary/aromatic N) is 2. The molecule has 0 saturated carbocycles. The van der Waals surface area contributed by atoms with Gasteiger partial charge in [0.15, 0.2) is 0 Å². The molecule has 9 heteroatoms. The van der Waals surface area contributed by atoms with Gasteiger partial charge >= 0.3 is 0 Å². The minimum absolute atomic E-state index is 0.0896. The van der Waals surface area contributed by atoms with Crippen LogP contribution in [0.2, 0.25) is 5.02 Å². The standard InChI is InChI=1S/C30H36ClN3O4S/c1-5-23(3)32-30(36)28(19-24-11-7-6-8-12-24)33(20-25-13-9-10-22(2)18-25)29(35)21-34(39(4,37)38)27-16-14-26(31)15-17-27/h6-18,23,28H,5,19-21H2,1-4H3,(H,32,36)/t23-,28+/m1/s1. The van der Waals surface area contributed by atoms with Gasteiger partial charge in [-0.1, -0.05) is 78.7 Å². The van der Waals surface area contributed by atoms with Gasteiger partial charge in [-0.05, 0) is 55.7 Å². The highest BCUT2D eigenvalue weighted by Crippen LogP contribution is 2.22. The van der Waals surface area contributed by atoms with Gasteiger partial charge in [0.25, 0.3) is 0 Å². The lowest BCUT2D eigenvalue weighted by Crippen LogP contribution is -2.54. The number of hydrogen-bond acceptors (Lipinski definition) is 4. The van der Waals surface area contributed by atoms with Crippen LogP contribution in [0.5, 0.6) is 0 Å². The predicted octanol–water partition coefficient (Wildman–Crippen LogP) is 4.97. The number of rotatable bonds is 12. The number of halogens is 1. The summed E-state index contributed by atoms with van der Waals surface area (Å²) >= 11 is 6.01. The molecule has 2 atom stereocenters. The van der Waals surface area contributed by atoms with Crippen LogP contribution in [0.1, 0.15) is 37.0 Å². The molecular weight excluding hydrogens is 534 g/mol. The number of benzene rings is 3. The molecule has 7 nitrogen and oxygen atoms in total. The highest BCUT2D eigenvalue weighted by atomic mass is 35.5. The quantitative estimate of drug-likeness (QED) is 0.334. The topological polar surface area (TPSA) is 86.8 Å². The number of carbonyl (C=O) groups excluding carboxylic acids is 2. The van der Waals surface area contributed by atoms with Gasteiger partial charge in [0.2, 0.25) is 21.8 Å². The second-order valence-electron chi connectivity index (χ2n) is 9.78. The van der Waals surface area contributed by atoms with Crippen molar-refractivity contribution in [1.82, 2.24) is 10.2 Å². The first-order valence-electron chi connectivity index (χ1n) is 12.9. The van der Waals surface area contributed by atoms with E-state index >= 15 is 0 Å². The summed E-state index contributed by atoms with van der Waals surface area (Å²) in [6, 6.07) is 22.5. The molecule has 0 radical (unpaired) electrons. The van der Waals surface area contributed by atoms with Crippen molar-refractivity contribution in [1.29, 1.82) is 0 Å². The van der Waals surface area contributed by atoms with Gasteiger partial charge in [0.1, 0.15) is 12.6 Å². The lowest BCUT2D eigenvalue weighted by molar-refractivity contribution is -0.140. The van der Waals surface area contributed by atoms with E-state index < -0.39 is 28.5 Å². The van der Waals surface area contributed by atoms with Crippen LogP contribution in [0.25, 0.3) is 0 Å². The molecule has 0 aliphatic rings. The van der Waals surface area contributed by atoms with E-state index in [-0.39, 0.29) is 24.9 Å². The van der Waals surface area contributed by atoms with E-state index in [1.165, 1.54) is 4.90 Å². The van der Waals surface area contributed by atoms with Crippen molar-refractivity contribution < 1.29 is 18.0 Å². The fourth-order valence-corrected chi connectivity index (χ4v) is 5.20. The minimum Gasteiger partial charge on any atom is -0.352 e. The van der Waals surface area contributed by atoms with Crippen LogP contribution in [-0.2, 0) is 32.6 Å². The first-order valence-corrected chi connectivity index (χ1v) is 15.1. The number of carbonyl (C=O) groups is 2. The van der Waals surface area contributed by atoms with Crippen LogP contribution < -0.4 is 9.62 Å². The van der Waals surface area contributed by atoms with Crippen molar-refractivity contribution in [2.24, 2.45) is 0 Å². The molecule has 3 aromatic rings. The largest absolute Gasteiger partial charge is 0.352 e. The van der Waals surface area contributed by atoms with Crippen molar-refractivity contribution in [3.05, 3.63) is 101 Å². The SMILES string of the molecule is CC[C@@H](C)NC(=O)[C@H](Cc1ccccc1)N(Cc1cccc(C)c1)C(=O)CN(c1ccc(Cl)cc1)S(C)(=O)=O. The minimum atomic E-state index is -3.82. The van der Waals surface area contributed by atoms with Crippen LogP contribution in [0.15, 0.2) is 78.9 Å². The first-order chi connectivity index (χ1) is 18.5. The Morgan fingerprint density at radius 2 is 1.59 bits per heavy atom. The Hall–Kier alpha value is -3.36. The van der Waals surface area contributed by atoms with E-state index in [1.54, 1.807) is 24.3 Å². The van der Waals surface area contributed by atoms with Crippen molar-refractivity contribution in [3.8, 4) is 0 Å².